The number of nitrogens with zero attached hydrogens (tertiary/aromatic N) is 5. The molecule has 4 rings (SSSR count). The van der Waals surface area contributed by atoms with Gasteiger partial charge in [0.25, 0.3) is 0 Å². The van der Waals surface area contributed by atoms with E-state index in [9.17, 15) is 0 Å². The molecule has 8 nitrogen and oxygen atoms in total. The summed E-state index contributed by atoms with van der Waals surface area (Å²) in [6.45, 7) is 2.64. The third kappa shape index (κ3) is 3.98. The predicted octanol–water partition coefficient (Wildman–Crippen LogP) is 2.55. The molecular formula is C19H25ClN6O2. The maximum absolute atomic E-state index is 5.55. The topological polar surface area (TPSA) is 79.0 Å². The molecule has 1 fully saturated rings. The standard InChI is InChI=1S/C19H24N6O2.ClH/c1-26-17-5-3-4-14(18(17)27-2)12-24-11-10-21-19(24)16-13-25(23-22-16)15-6-8-20-9-7-15;/h3-5,10-11,13,15,20H,6-9,12H2,1-2H3;1H. The Bertz CT molecular complexity index is 903. The summed E-state index contributed by atoms with van der Waals surface area (Å²) in [4.78, 5) is 4.50. The summed E-state index contributed by atoms with van der Waals surface area (Å²) >= 11 is 0. The van der Waals surface area contributed by atoms with Crippen LogP contribution in [-0.2, 0) is 6.54 Å². The van der Waals surface area contributed by atoms with Gasteiger partial charge in [-0.1, -0.05) is 17.3 Å². The molecule has 0 unspecified atom stereocenters. The van der Waals surface area contributed by atoms with Gasteiger partial charge in [0.15, 0.2) is 17.3 Å². The lowest BCUT2D eigenvalue weighted by molar-refractivity contribution is 0.337. The van der Waals surface area contributed by atoms with Crippen LogP contribution in [0.4, 0.5) is 0 Å². The highest BCUT2D eigenvalue weighted by Gasteiger charge is 2.19. The molecule has 9 heteroatoms. The Labute approximate surface area is 170 Å². The fourth-order valence-electron chi connectivity index (χ4n) is 3.56. The number of benzene rings is 1. The van der Waals surface area contributed by atoms with Gasteiger partial charge in [0, 0.05) is 18.0 Å². The summed E-state index contributed by atoms with van der Waals surface area (Å²) in [5.41, 5.74) is 1.79. The first kappa shape index (κ1) is 20.2. The maximum atomic E-state index is 5.55. The Kier molecular flexibility index (Phi) is 6.53. The quantitative estimate of drug-likeness (QED) is 0.680. The van der Waals surface area contributed by atoms with Crippen molar-refractivity contribution in [3.05, 3.63) is 42.4 Å². The maximum Gasteiger partial charge on any atom is 0.165 e. The fraction of sp³-hybridized carbons (Fsp3) is 0.421. The first-order chi connectivity index (χ1) is 13.3. The molecular weight excluding hydrogens is 380 g/mol. The summed E-state index contributed by atoms with van der Waals surface area (Å²) in [6.07, 6.45) is 7.86. The highest BCUT2D eigenvalue weighted by molar-refractivity contribution is 5.85. The second-order valence-electron chi connectivity index (χ2n) is 6.60. The third-order valence-electron chi connectivity index (χ3n) is 4.96. The SMILES string of the molecule is COc1cccc(Cn2ccnc2-c2cn(C3CCNCC3)nn2)c1OC.Cl. The van der Waals surface area contributed by atoms with E-state index >= 15 is 0 Å². The van der Waals surface area contributed by atoms with Crippen molar-refractivity contribution in [2.24, 2.45) is 0 Å². The Morgan fingerprint density at radius 1 is 1.18 bits per heavy atom. The molecule has 0 bridgehead atoms. The lowest BCUT2D eigenvalue weighted by atomic mass is 10.1. The molecule has 0 spiro atoms. The van der Waals surface area contributed by atoms with Crippen molar-refractivity contribution in [2.45, 2.75) is 25.4 Å². The van der Waals surface area contributed by atoms with Crippen LogP contribution < -0.4 is 14.8 Å². The third-order valence-corrected chi connectivity index (χ3v) is 4.96. The zero-order valence-electron chi connectivity index (χ0n) is 16.0. The van der Waals surface area contributed by atoms with E-state index < -0.39 is 0 Å². The van der Waals surface area contributed by atoms with E-state index in [0.717, 1.165) is 48.8 Å². The monoisotopic (exact) mass is 404 g/mol. The van der Waals surface area contributed by atoms with Gasteiger partial charge < -0.3 is 19.4 Å². The minimum Gasteiger partial charge on any atom is -0.493 e. The number of piperidine rings is 1. The lowest BCUT2D eigenvalue weighted by Gasteiger charge is -2.22. The normalized spacial score (nSPS) is 14.5. The van der Waals surface area contributed by atoms with Crippen molar-refractivity contribution in [1.82, 2.24) is 29.9 Å². The van der Waals surface area contributed by atoms with Gasteiger partial charge in [-0.25, -0.2) is 9.67 Å². The van der Waals surface area contributed by atoms with Crippen molar-refractivity contribution in [1.29, 1.82) is 0 Å². The summed E-state index contributed by atoms with van der Waals surface area (Å²) in [5, 5.41) is 12.1. The summed E-state index contributed by atoms with van der Waals surface area (Å²) < 4.78 is 15.0. The van der Waals surface area contributed by atoms with E-state index in [-0.39, 0.29) is 12.4 Å². The second-order valence-corrected chi connectivity index (χ2v) is 6.60. The molecule has 1 aliphatic heterocycles. The molecule has 0 amide bonds. The molecule has 28 heavy (non-hydrogen) atoms. The van der Waals surface area contributed by atoms with Gasteiger partial charge in [-0.2, -0.15) is 0 Å². The van der Waals surface area contributed by atoms with Gasteiger partial charge in [0.05, 0.1) is 33.0 Å². The van der Waals surface area contributed by atoms with Gasteiger partial charge in [0.1, 0.15) is 5.69 Å². The Balaban J connectivity index is 0.00000225. The van der Waals surface area contributed by atoms with E-state index in [2.05, 4.69) is 20.6 Å². The van der Waals surface area contributed by atoms with Crippen LogP contribution in [-0.4, -0.2) is 51.9 Å². The van der Waals surface area contributed by atoms with Gasteiger partial charge in [-0.15, -0.1) is 17.5 Å². The molecule has 0 aliphatic carbocycles. The van der Waals surface area contributed by atoms with Crippen molar-refractivity contribution < 1.29 is 9.47 Å². The molecule has 1 aromatic carbocycles. The number of nitrogens with one attached hydrogen (secondary N) is 1. The summed E-state index contributed by atoms with van der Waals surface area (Å²) in [5.74, 6) is 2.24. The van der Waals surface area contributed by atoms with Crippen LogP contribution in [0.1, 0.15) is 24.4 Å². The smallest absolute Gasteiger partial charge is 0.165 e. The van der Waals surface area contributed by atoms with Crippen LogP contribution in [0.15, 0.2) is 36.8 Å². The number of halogens is 1. The van der Waals surface area contributed by atoms with E-state index in [1.165, 1.54) is 0 Å². The van der Waals surface area contributed by atoms with Crippen LogP contribution >= 0.6 is 12.4 Å². The Morgan fingerprint density at radius 2 is 2.00 bits per heavy atom. The van der Waals surface area contributed by atoms with Gasteiger partial charge >= 0.3 is 0 Å². The van der Waals surface area contributed by atoms with Gasteiger partial charge in [-0.05, 0) is 32.0 Å². The van der Waals surface area contributed by atoms with Gasteiger partial charge in [-0.3, -0.25) is 0 Å². The summed E-state index contributed by atoms with van der Waals surface area (Å²) in [6, 6.07) is 6.27. The lowest BCUT2D eigenvalue weighted by Crippen LogP contribution is -2.29. The molecule has 150 valence electrons. The van der Waals surface area contributed by atoms with Gasteiger partial charge in [0.2, 0.25) is 0 Å². The Hall–Kier alpha value is -2.58. The first-order valence-electron chi connectivity index (χ1n) is 9.14. The molecule has 0 saturated carbocycles. The van der Waals surface area contributed by atoms with E-state index in [4.69, 9.17) is 9.47 Å². The van der Waals surface area contributed by atoms with Crippen LogP contribution in [0.3, 0.4) is 0 Å². The van der Waals surface area contributed by atoms with Crippen LogP contribution in [0, 0.1) is 0 Å². The Morgan fingerprint density at radius 3 is 2.75 bits per heavy atom. The fourth-order valence-corrected chi connectivity index (χ4v) is 3.56. The second kappa shape index (κ2) is 9.07. The first-order valence-corrected chi connectivity index (χ1v) is 9.14. The van der Waals surface area contributed by atoms with E-state index in [1.54, 1.807) is 20.4 Å². The number of imidazole rings is 1. The average molecular weight is 405 g/mol. The number of para-hydroxylation sites is 1. The zero-order valence-corrected chi connectivity index (χ0v) is 16.9. The van der Waals surface area contributed by atoms with Crippen LogP contribution in [0.25, 0.3) is 11.5 Å². The van der Waals surface area contributed by atoms with E-state index in [0.29, 0.717) is 18.3 Å². The molecule has 1 saturated heterocycles. The van der Waals surface area contributed by atoms with Crippen molar-refractivity contribution in [2.75, 3.05) is 27.3 Å². The van der Waals surface area contributed by atoms with Crippen molar-refractivity contribution in [3.8, 4) is 23.0 Å². The van der Waals surface area contributed by atoms with E-state index in [1.807, 2.05) is 39.8 Å². The number of aromatic nitrogens is 5. The highest BCUT2D eigenvalue weighted by atomic mass is 35.5. The number of methoxy groups -OCH3 is 2. The largest absolute Gasteiger partial charge is 0.493 e. The molecule has 3 aromatic rings. The summed E-state index contributed by atoms with van der Waals surface area (Å²) in [7, 11) is 3.30. The van der Waals surface area contributed by atoms with Crippen molar-refractivity contribution in [3.63, 3.8) is 0 Å². The predicted molar refractivity (Wildman–Crippen MR) is 108 cm³/mol. The number of rotatable bonds is 6. The molecule has 3 heterocycles. The molecule has 2 aromatic heterocycles. The molecule has 1 N–H and O–H groups in total. The molecule has 0 radical (unpaired) electrons. The molecule has 1 aliphatic rings. The van der Waals surface area contributed by atoms with Crippen LogP contribution in [0.5, 0.6) is 11.5 Å². The number of hydrogen-bond donors (Lipinski definition) is 1. The molecule has 0 atom stereocenters. The van der Waals surface area contributed by atoms with Crippen LogP contribution in [0.2, 0.25) is 0 Å². The minimum absolute atomic E-state index is 0. The highest BCUT2D eigenvalue weighted by Crippen LogP contribution is 2.32. The average Bonchev–Trinajstić information content (AvgIpc) is 3.37. The number of ether oxygens (including phenoxy) is 2. The minimum atomic E-state index is 0. The zero-order chi connectivity index (χ0) is 18.6. The van der Waals surface area contributed by atoms with Crippen molar-refractivity contribution >= 4 is 12.4 Å². The number of hydrogen-bond acceptors (Lipinski definition) is 6.